The third-order valence-electron chi connectivity index (χ3n) is 5.07. The Morgan fingerprint density at radius 1 is 1.13 bits per heavy atom. The zero-order valence-corrected chi connectivity index (χ0v) is 17.1. The molecule has 0 saturated carbocycles. The first kappa shape index (κ1) is 22.0. The van der Waals surface area contributed by atoms with Crippen molar-refractivity contribution in [2.75, 3.05) is 27.4 Å². The number of benzene rings is 2. The van der Waals surface area contributed by atoms with Crippen LogP contribution in [0.1, 0.15) is 23.6 Å². The van der Waals surface area contributed by atoms with E-state index in [9.17, 15) is 24.8 Å². The van der Waals surface area contributed by atoms with Gasteiger partial charge in [0.1, 0.15) is 11.5 Å². The number of non-ortho nitro benzene ring substituents is 1. The molecule has 1 amide bonds. The highest BCUT2D eigenvalue weighted by molar-refractivity contribution is 6.46. The van der Waals surface area contributed by atoms with Crippen molar-refractivity contribution < 1.29 is 29.1 Å². The zero-order valence-electron chi connectivity index (χ0n) is 17.1. The summed E-state index contributed by atoms with van der Waals surface area (Å²) >= 11 is 0. The standard InChI is InChI=1S/C22H22N2O7/c1-30-13-5-12-23-19(16-6-3-4-7-17(16)31-2)18(21(26)22(23)27)20(25)14-8-10-15(11-9-14)24(28)29/h3-4,6-11,19,25H,5,12-13H2,1-2H3/b20-18+. The van der Waals surface area contributed by atoms with E-state index in [2.05, 4.69) is 0 Å². The molecule has 2 aromatic carbocycles. The van der Waals surface area contributed by atoms with Crippen molar-refractivity contribution >= 4 is 23.1 Å². The van der Waals surface area contributed by atoms with Crippen LogP contribution < -0.4 is 4.74 Å². The maximum atomic E-state index is 12.9. The quantitative estimate of drug-likeness (QED) is 0.172. The third-order valence-corrected chi connectivity index (χ3v) is 5.07. The molecule has 1 saturated heterocycles. The number of nitro groups is 1. The number of Topliss-reactive ketones (excluding diaryl/α,β-unsaturated/α-hetero) is 1. The summed E-state index contributed by atoms with van der Waals surface area (Å²) < 4.78 is 10.5. The highest BCUT2D eigenvalue weighted by atomic mass is 16.6. The Bertz CT molecular complexity index is 1030. The van der Waals surface area contributed by atoms with Gasteiger partial charge in [0.25, 0.3) is 17.4 Å². The van der Waals surface area contributed by atoms with E-state index < -0.39 is 28.4 Å². The minimum atomic E-state index is -0.872. The molecular weight excluding hydrogens is 404 g/mol. The second-order valence-electron chi connectivity index (χ2n) is 6.88. The van der Waals surface area contributed by atoms with Crippen molar-refractivity contribution in [2.45, 2.75) is 12.5 Å². The fraction of sp³-hybridized carbons (Fsp3) is 0.273. The third kappa shape index (κ3) is 4.26. The topological polar surface area (TPSA) is 119 Å². The monoisotopic (exact) mass is 426 g/mol. The number of likely N-dealkylation sites (tertiary alicyclic amines) is 1. The number of aliphatic hydroxyl groups is 1. The van der Waals surface area contributed by atoms with Gasteiger partial charge in [0, 0.05) is 43.5 Å². The molecular formula is C22H22N2O7. The van der Waals surface area contributed by atoms with Gasteiger partial charge in [-0.15, -0.1) is 0 Å². The molecule has 2 aromatic rings. The highest BCUT2D eigenvalue weighted by Crippen LogP contribution is 2.42. The number of nitro benzene ring substituents is 1. The summed E-state index contributed by atoms with van der Waals surface area (Å²) in [5.41, 5.74) is 0.490. The Hall–Kier alpha value is -3.72. The molecule has 0 aliphatic carbocycles. The molecule has 162 valence electrons. The normalized spacial score (nSPS) is 17.7. The lowest BCUT2D eigenvalue weighted by atomic mass is 9.94. The summed E-state index contributed by atoms with van der Waals surface area (Å²) in [6, 6.07) is 11.2. The van der Waals surface area contributed by atoms with Gasteiger partial charge >= 0.3 is 0 Å². The second kappa shape index (κ2) is 9.40. The van der Waals surface area contributed by atoms with Crippen molar-refractivity contribution in [3.05, 3.63) is 75.3 Å². The van der Waals surface area contributed by atoms with Gasteiger partial charge in [-0.1, -0.05) is 18.2 Å². The van der Waals surface area contributed by atoms with E-state index >= 15 is 0 Å². The number of ether oxygens (including phenoxy) is 2. The number of aliphatic hydroxyl groups excluding tert-OH is 1. The lowest BCUT2D eigenvalue weighted by Gasteiger charge is -2.26. The van der Waals surface area contributed by atoms with Crippen molar-refractivity contribution in [1.29, 1.82) is 0 Å². The molecule has 1 atom stereocenters. The summed E-state index contributed by atoms with van der Waals surface area (Å²) in [4.78, 5) is 37.5. The van der Waals surface area contributed by atoms with Crippen LogP contribution in [0.5, 0.6) is 5.75 Å². The highest BCUT2D eigenvalue weighted by Gasteiger charge is 2.46. The van der Waals surface area contributed by atoms with E-state index in [4.69, 9.17) is 9.47 Å². The molecule has 0 radical (unpaired) electrons. The number of carbonyl (C=O) groups is 2. The van der Waals surface area contributed by atoms with Crippen molar-refractivity contribution in [2.24, 2.45) is 0 Å². The number of amides is 1. The van der Waals surface area contributed by atoms with Crippen LogP contribution in [0.25, 0.3) is 5.76 Å². The van der Waals surface area contributed by atoms with Gasteiger partial charge in [-0.2, -0.15) is 0 Å². The van der Waals surface area contributed by atoms with Crippen molar-refractivity contribution in [1.82, 2.24) is 4.90 Å². The molecule has 0 aromatic heterocycles. The molecule has 1 N–H and O–H groups in total. The van der Waals surface area contributed by atoms with Gasteiger partial charge in [0.05, 0.1) is 23.6 Å². The van der Waals surface area contributed by atoms with Crippen molar-refractivity contribution in [3.63, 3.8) is 0 Å². The van der Waals surface area contributed by atoms with E-state index in [1.165, 1.54) is 36.3 Å². The first-order valence-corrected chi connectivity index (χ1v) is 9.55. The van der Waals surface area contributed by atoms with Crippen LogP contribution >= 0.6 is 0 Å². The number of methoxy groups -OCH3 is 2. The summed E-state index contributed by atoms with van der Waals surface area (Å²) in [6.45, 7) is 0.627. The Balaban J connectivity index is 2.15. The Morgan fingerprint density at radius 2 is 1.81 bits per heavy atom. The lowest BCUT2D eigenvalue weighted by Crippen LogP contribution is -2.31. The molecule has 9 nitrogen and oxygen atoms in total. The first-order chi connectivity index (χ1) is 14.9. The van der Waals surface area contributed by atoms with E-state index in [0.29, 0.717) is 24.3 Å². The van der Waals surface area contributed by atoms with Crippen LogP contribution in [0.4, 0.5) is 5.69 Å². The fourth-order valence-electron chi connectivity index (χ4n) is 3.60. The predicted octanol–water partition coefficient (Wildman–Crippen LogP) is 3.06. The van der Waals surface area contributed by atoms with E-state index in [-0.39, 0.29) is 23.4 Å². The second-order valence-corrected chi connectivity index (χ2v) is 6.88. The average Bonchev–Trinajstić information content (AvgIpc) is 3.03. The predicted molar refractivity (Wildman–Crippen MR) is 112 cm³/mol. The lowest BCUT2D eigenvalue weighted by molar-refractivity contribution is -0.384. The zero-order chi connectivity index (χ0) is 22.5. The maximum Gasteiger partial charge on any atom is 0.295 e. The molecule has 0 spiro atoms. The van der Waals surface area contributed by atoms with Crippen LogP contribution in [0.2, 0.25) is 0 Å². The van der Waals surface area contributed by atoms with Gasteiger partial charge in [-0.25, -0.2) is 0 Å². The van der Waals surface area contributed by atoms with Gasteiger partial charge in [-0.05, 0) is 24.6 Å². The smallest absolute Gasteiger partial charge is 0.295 e. The van der Waals surface area contributed by atoms with Crippen LogP contribution in [0.3, 0.4) is 0 Å². The van der Waals surface area contributed by atoms with Crippen LogP contribution in [-0.4, -0.2) is 54.0 Å². The van der Waals surface area contributed by atoms with Gasteiger partial charge in [0.2, 0.25) is 0 Å². The number of hydrogen-bond donors (Lipinski definition) is 1. The minimum Gasteiger partial charge on any atom is -0.507 e. The van der Waals surface area contributed by atoms with E-state index in [1.807, 2.05) is 0 Å². The first-order valence-electron chi connectivity index (χ1n) is 9.55. The van der Waals surface area contributed by atoms with Gasteiger partial charge < -0.3 is 19.5 Å². The molecule has 0 bridgehead atoms. The maximum absolute atomic E-state index is 12.9. The van der Waals surface area contributed by atoms with Gasteiger partial charge in [-0.3, -0.25) is 19.7 Å². The molecule has 1 fully saturated rings. The summed E-state index contributed by atoms with van der Waals surface area (Å²) in [6.07, 6.45) is 0.493. The Morgan fingerprint density at radius 3 is 2.42 bits per heavy atom. The van der Waals surface area contributed by atoms with Crippen LogP contribution in [0, 0.1) is 10.1 Å². The number of para-hydroxylation sites is 1. The summed E-state index contributed by atoms with van der Waals surface area (Å²) in [5, 5.41) is 21.9. The Labute approximate surface area is 178 Å². The number of nitrogens with zero attached hydrogens (tertiary/aromatic N) is 2. The minimum absolute atomic E-state index is 0.0965. The summed E-state index contributed by atoms with van der Waals surface area (Å²) in [5.74, 6) is -1.52. The SMILES string of the molecule is COCCCN1C(=O)C(=O)/C(=C(/O)c2ccc([N+](=O)[O-])cc2)C1c1ccccc1OC. The average molecular weight is 426 g/mol. The van der Waals surface area contributed by atoms with Crippen molar-refractivity contribution in [3.8, 4) is 5.75 Å². The number of rotatable bonds is 8. The summed E-state index contributed by atoms with van der Waals surface area (Å²) in [7, 11) is 3.02. The Kier molecular flexibility index (Phi) is 6.66. The molecule has 1 unspecified atom stereocenters. The number of ketones is 1. The largest absolute Gasteiger partial charge is 0.507 e. The number of carbonyl (C=O) groups excluding carboxylic acids is 2. The van der Waals surface area contributed by atoms with E-state index in [1.54, 1.807) is 31.4 Å². The van der Waals surface area contributed by atoms with Gasteiger partial charge in [0.15, 0.2) is 0 Å². The molecule has 1 aliphatic heterocycles. The van der Waals surface area contributed by atoms with Crippen LogP contribution in [0.15, 0.2) is 54.1 Å². The number of hydrogen-bond acceptors (Lipinski definition) is 7. The van der Waals surface area contributed by atoms with Crippen LogP contribution in [-0.2, 0) is 14.3 Å². The van der Waals surface area contributed by atoms with E-state index in [0.717, 1.165) is 0 Å². The molecule has 1 aliphatic rings. The molecule has 31 heavy (non-hydrogen) atoms. The molecule has 9 heteroatoms. The molecule has 1 heterocycles. The fourth-order valence-corrected chi connectivity index (χ4v) is 3.60. The molecule has 3 rings (SSSR count).